The molecule has 7 heteroatoms. The van der Waals surface area contributed by atoms with Crippen LogP contribution < -0.4 is 15.5 Å². The Hall–Kier alpha value is -1.79. The van der Waals surface area contributed by atoms with Crippen LogP contribution in [-0.2, 0) is 6.54 Å². The van der Waals surface area contributed by atoms with Crippen LogP contribution in [0, 0.1) is 0 Å². The smallest absolute Gasteiger partial charge is 0.315 e. The van der Waals surface area contributed by atoms with Crippen molar-refractivity contribution in [2.75, 3.05) is 18.0 Å². The molecule has 1 atom stereocenters. The van der Waals surface area contributed by atoms with Crippen LogP contribution in [0.15, 0.2) is 35.8 Å². The maximum atomic E-state index is 12.0. The van der Waals surface area contributed by atoms with E-state index in [1.807, 2.05) is 29.6 Å². The van der Waals surface area contributed by atoms with Crippen molar-refractivity contribution in [1.82, 2.24) is 15.6 Å². The maximum absolute atomic E-state index is 12.0. The third kappa shape index (κ3) is 3.90. The molecule has 0 spiro atoms. The minimum Gasteiger partial charge on any atom is -0.346 e. The molecule has 2 aromatic rings. The molecule has 0 aliphatic carbocycles. The Morgan fingerprint density at radius 2 is 2.23 bits per heavy atom. The molecule has 1 aromatic heterocycles. The average molecular weight is 337 g/mol. The van der Waals surface area contributed by atoms with Crippen molar-refractivity contribution in [2.45, 2.75) is 19.0 Å². The topological polar surface area (TPSA) is 57.3 Å². The van der Waals surface area contributed by atoms with E-state index < -0.39 is 0 Å². The molecule has 2 heterocycles. The van der Waals surface area contributed by atoms with E-state index in [-0.39, 0.29) is 12.1 Å². The molecular formula is C15H17ClN4OS. The Labute approximate surface area is 138 Å². The molecule has 22 heavy (non-hydrogen) atoms. The van der Waals surface area contributed by atoms with Gasteiger partial charge in [-0.2, -0.15) is 0 Å². The Balaban J connectivity index is 1.43. The molecule has 0 bridgehead atoms. The molecule has 3 rings (SSSR count). The second-order valence-electron chi connectivity index (χ2n) is 5.20. The van der Waals surface area contributed by atoms with Crippen molar-refractivity contribution in [3.63, 3.8) is 0 Å². The van der Waals surface area contributed by atoms with E-state index in [0.717, 1.165) is 30.2 Å². The second-order valence-corrected chi connectivity index (χ2v) is 6.51. The lowest BCUT2D eigenvalue weighted by Gasteiger charge is -2.16. The number of nitrogens with one attached hydrogen (secondary N) is 2. The van der Waals surface area contributed by atoms with Crippen LogP contribution in [0.1, 0.15) is 12.0 Å². The number of rotatable bonds is 4. The van der Waals surface area contributed by atoms with Gasteiger partial charge in [0.05, 0.1) is 0 Å². The predicted molar refractivity (Wildman–Crippen MR) is 89.6 cm³/mol. The number of nitrogens with zero attached hydrogens (tertiary/aromatic N) is 2. The summed E-state index contributed by atoms with van der Waals surface area (Å²) in [5.74, 6) is 0. The summed E-state index contributed by atoms with van der Waals surface area (Å²) >= 11 is 7.46. The molecule has 1 aliphatic heterocycles. The normalized spacial score (nSPS) is 17.5. The highest BCUT2D eigenvalue weighted by Gasteiger charge is 2.25. The van der Waals surface area contributed by atoms with E-state index in [9.17, 15) is 4.79 Å². The SMILES string of the molecule is O=C(NCc1ccc(Cl)cc1)N[C@@H]1CCN(c2nccs2)C1. The van der Waals surface area contributed by atoms with E-state index in [1.165, 1.54) is 0 Å². The Morgan fingerprint density at radius 3 is 2.95 bits per heavy atom. The van der Waals surface area contributed by atoms with Crippen LogP contribution in [0.4, 0.5) is 9.93 Å². The summed E-state index contributed by atoms with van der Waals surface area (Å²) in [5.41, 5.74) is 1.02. The Morgan fingerprint density at radius 1 is 1.41 bits per heavy atom. The van der Waals surface area contributed by atoms with Crippen LogP contribution in [-0.4, -0.2) is 30.1 Å². The number of hydrogen-bond acceptors (Lipinski definition) is 4. The number of thiazole rings is 1. The second kappa shape index (κ2) is 6.98. The summed E-state index contributed by atoms with van der Waals surface area (Å²) in [6.07, 6.45) is 2.74. The fourth-order valence-corrected chi connectivity index (χ4v) is 3.25. The Bertz CT molecular complexity index is 617. The first-order valence-electron chi connectivity index (χ1n) is 7.14. The van der Waals surface area contributed by atoms with Gasteiger partial charge in [-0.3, -0.25) is 0 Å². The number of urea groups is 1. The van der Waals surface area contributed by atoms with E-state index in [0.29, 0.717) is 11.6 Å². The number of aromatic nitrogens is 1. The molecule has 1 aromatic carbocycles. The molecule has 0 unspecified atom stereocenters. The number of carbonyl (C=O) groups is 1. The highest BCUT2D eigenvalue weighted by atomic mass is 35.5. The lowest BCUT2D eigenvalue weighted by Crippen LogP contribution is -2.43. The number of hydrogen-bond donors (Lipinski definition) is 2. The summed E-state index contributed by atoms with van der Waals surface area (Å²) in [5, 5.41) is 9.56. The summed E-state index contributed by atoms with van der Waals surface area (Å²) in [6, 6.07) is 7.47. The van der Waals surface area contributed by atoms with E-state index in [1.54, 1.807) is 17.5 Å². The van der Waals surface area contributed by atoms with Crippen LogP contribution >= 0.6 is 22.9 Å². The van der Waals surface area contributed by atoms with Crippen molar-refractivity contribution >= 4 is 34.1 Å². The van der Waals surface area contributed by atoms with Crippen LogP contribution in [0.2, 0.25) is 5.02 Å². The molecule has 2 amide bonds. The third-order valence-electron chi connectivity index (χ3n) is 3.58. The molecule has 1 aliphatic rings. The van der Waals surface area contributed by atoms with Gasteiger partial charge in [0.15, 0.2) is 5.13 Å². The first-order valence-corrected chi connectivity index (χ1v) is 8.40. The van der Waals surface area contributed by atoms with Crippen LogP contribution in [0.3, 0.4) is 0 Å². The standard InChI is InChI=1S/C15H17ClN4OS/c16-12-3-1-11(2-4-12)9-18-14(21)19-13-5-7-20(10-13)15-17-6-8-22-15/h1-4,6,8,13H,5,7,9-10H2,(H2,18,19,21)/t13-/m1/s1. The first-order chi connectivity index (χ1) is 10.7. The van der Waals surface area contributed by atoms with Gasteiger partial charge >= 0.3 is 6.03 Å². The van der Waals surface area contributed by atoms with Gasteiger partial charge < -0.3 is 15.5 Å². The van der Waals surface area contributed by atoms with Crippen molar-refractivity contribution in [3.8, 4) is 0 Å². The zero-order chi connectivity index (χ0) is 15.4. The maximum Gasteiger partial charge on any atom is 0.315 e. The quantitative estimate of drug-likeness (QED) is 0.902. The molecular weight excluding hydrogens is 320 g/mol. The Kier molecular flexibility index (Phi) is 4.80. The fraction of sp³-hybridized carbons (Fsp3) is 0.333. The highest BCUT2D eigenvalue weighted by Crippen LogP contribution is 2.22. The zero-order valence-corrected chi connectivity index (χ0v) is 13.5. The number of anilines is 1. The van der Waals surface area contributed by atoms with Gasteiger partial charge in [-0.15, -0.1) is 11.3 Å². The lowest BCUT2D eigenvalue weighted by molar-refractivity contribution is 0.237. The predicted octanol–water partition coefficient (Wildman–Crippen LogP) is 2.87. The summed E-state index contributed by atoms with van der Waals surface area (Å²) in [7, 11) is 0. The molecule has 0 radical (unpaired) electrons. The van der Waals surface area contributed by atoms with E-state index in [2.05, 4.69) is 20.5 Å². The largest absolute Gasteiger partial charge is 0.346 e. The molecule has 0 saturated carbocycles. The van der Waals surface area contributed by atoms with Crippen molar-refractivity contribution in [1.29, 1.82) is 0 Å². The van der Waals surface area contributed by atoms with E-state index >= 15 is 0 Å². The lowest BCUT2D eigenvalue weighted by atomic mass is 10.2. The van der Waals surface area contributed by atoms with Gasteiger partial charge in [-0.25, -0.2) is 9.78 Å². The van der Waals surface area contributed by atoms with Gasteiger partial charge in [-0.1, -0.05) is 23.7 Å². The van der Waals surface area contributed by atoms with Gasteiger partial charge in [0, 0.05) is 42.3 Å². The summed E-state index contributed by atoms with van der Waals surface area (Å²) in [4.78, 5) is 18.5. The van der Waals surface area contributed by atoms with Crippen molar-refractivity contribution < 1.29 is 4.79 Å². The van der Waals surface area contributed by atoms with E-state index in [4.69, 9.17) is 11.6 Å². The van der Waals surface area contributed by atoms with Crippen LogP contribution in [0.5, 0.6) is 0 Å². The summed E-state index contributed by atoms with van der Waals surface area (Å²) < 4.78 is 0. The number of amides is 2. The highest BCUT2D eigenvalue weighted by molar-refractivity contribution is 7.13. The number of halogens is 1. The number of carbonyl (C=O) groups excluding carboxylic acids is 1. The molecule has 5 nitrogen and oxygen atoms in total. The summed E-state index contributed by atoms with van der Waals surface area (Å²) in [6.45, 7) is 2.23. The molecule has 116 valence electrons. The van der Waals surface area contributed by atoms with Gasteiger partial charge in [0.25, 0.3) is 0 Å². The fourth-order valence-electron chi connectivity index (χ4n) is 2.44. The minimum atomic E-state index is -0.138. The molecule has 1 fully saturated rings. The van der Waals surface area contributed by atoms with Crippen molar-refractivity contribution in [2.24, 2.45) is 0 Å². The first kappa shape index (κ1) is 15.1. The monoisotopic (exact) mass is 336 g/mol. The molecule has 1 saturated heterocycles. The van der Waals surface area contributed by atoms with Gasteiger partial charge in [0.1, 0.15) is 0 Å². The molecule has 2 N–H and O–H groups in total. The van der Waals surface area contributed by atoms with Crippen molar-refractivity contribution in [3.05, 3.63) is 46.4 Å². The van der Waals surface area contributed by atoms with Gasteiger partial charge in [-0.05, 0) is 24.1 Å². The zero-order valence-electron chi connectivity index (χ0n) is 12.0. The minimum absolute atomic E-state index is 0.138. The average Bonchev–Trinajstić information content (AvgIpc) is 3.17. The number of benzene rings is 1. The van der Waals surface area contributed by atoms with Crippen LogP contribution in [0.25, 0.3) is 0 Å². The van der Waals surface area contributed by atoms with Gasteiger partial charge in [0.2, 0.25) is 0 Å². The third-order valence-corrected chi connectivity index (χ3v) is 4.66.